The number of nitrogens with zero attached hydrogens (tertiary/aromatic N) is 2. The number of rotatable bonds is 4. The highest BCUT2D eigenvalue weighted by molar-refractivity contribution is 7.18. The maximum Gasteiger partial charge on any atom is 0.166 e. The van der Waals surface area contributed by atoms with Crippen LogP contribution < -0.4 is 27.2 Å². The van der Waals surface area contributed by atoms with Gasteiger partial charge in [-0.1, -0.05) is 18.2 Å². The molecule has 0 amide bonds. The lowest BCUT2D eigenvalue weighted by atomic mass is 10.1. The first-order valence-corrected chi connectivity index (χ1v) is 9.08. The molecule has 2 aromatic heterocycles. The molecule has 0 saturated carbocycles. The highest BCUT2D eigenvalue weighted by Crippen LogP contribution is 2.35. The summed E-state index contributed by atoms with van der Waals surface area (Å²) >= 11 is 1.68. The molecule has 4 aromatic rings. The number of nitrogens with one attached hydrogen (secondary N) is 2. The molecule has 8 heteroatoms. The van der Waals surface area contributed by atoms with Gasteiger partial charge in [-0.15, -0.1) is 11.3 Å². The van der Waals surface area contributed by atoms with Crippen LogP contribution in [0.1, 0.15) is 5.56 Å². The lowest BCUT2D eigenvalue weighted by Crippen LogP contribution is -2.32. The Morgan fingerprint density at radius 2 is 2.04 bits per heavy atom. The van der Waals surface area contributed by atoms with Gasteiger partial charge in [-0.05, 0) is 29.6 Å². The van der Waals surface area contributed by atoms with Gasteiger partial charge in [-0.25, -0.2) is 10.8 Å². The van der Waals surface area contributed by atoms with Gasteiger partial charge in [0.05, 0.1) is 12.6 Å². The SMILES string of the molecule is COc1cccc(Nc2nc3cc(/C(=N/N)NN)ccc3c3sccc23)c1. The number of ether oxygens (including phenoxy) is 1. The maximum absolute atomic E-state index is 5.49. The number of anilines is 2. The molecule has 2 heterocycles. The number of benzene rings is 2. The van der Waals surface area contributed by atoms with Crippen LogP contribution in [0.5, 0.6) is 5.75 Å². The largest absolute Gasteiger partial charge is 0.497 e. The molecular weight excluding hydrogens is 360 g/mol. The summed E-state index contributed by atoms with van der Waals surface area (Å²) < 4.78 is 6.46. The van der Waals surface area contributed by atoms with Crippen LogP contribution in [0.4, 0.5) is 11.5 Å². The first-order valence-electron chi connectivity index (χ1n) is 8.20. The van der Waals surface area contributed by atoms with Crippen LogP contribution in [-0.4, -0.2) is 17.9 Å². The summed E-state index contributed by atoms with van der Waals surface area (Å²) in [5.74, 6) is 12.8. The first kappa shape index (κ1) is 17.1. The molecule has 136 valence electrons. The molecule has 0 atom stereocenters. The van der Waals surface area contributed by atoms with E-state index in [9.17, 15) is 0 Å². The number of thiophene rings is 1. The molecule has 0 aliphatic heterocycles. The van der Waals surface area contributed by atoms with Crippen LogP contribution in [0, 0.1) is 0 Å². The molecule has 0 unspecified atom stereocenters. The Morgan fingerprint density at radius 3 is 2.81 bits per heavy atom. The molecule has 27 heavy (non-hydrogen) atoms. The number of pyridine rings is 1. The third kappa shape index (κ3) is 3.12. The molecule has 2 aromatic carbocycles. The monoisotopic (exact) mass is 378 g/mol. The topological polar surface area (TPSA) is 111 Å². The summed E-state index contributed by atoms with van der Waals surface area (Å²) in [6.07, 6.45) is 0. The van der Waals surface area contributed by atoms with E-state index in [0.717, 1.165) is 43.8 Å². The Balaban J connectivity index is 1.86. The van der Waals surface area contributed by atoms with Gasteiger partial charge in [0.1, 0.15) is 11.6 Å². The maximum atomic E-state index is 5.49. The second-order valence-electron chi connectivity index (χ2n) is 5.83. The van der Waals surface area contributed by atoms with Crippen molar-refractivity contribution in [1.29, 1.82) is 0 Å². The van der Waals surface area contributed by atoms with E-state index < -0.39 is 0 Å². The number of amidine groups is 1. The molecule has 7 nitrogen and oxygen atoms in total. The predicted molar refractivity (Wildman–Crippen MR) is 111 cm³/mol. The number of hydrogen-bond acceptors (Lipinski definition) is 7. The highest BCUT2D eigenvalue weighted by atomic mass is 32.1. The van der Waals surface area contributed by atoms with E-state index in [2.05, 4.69) is 27.3 Å². The molecule has 0 aliphatic rings. The zero-order valence-electron chi connectivity index (χ0n) is 14.6. The Labute approximate surface area is 159 Å². The number of aromatic nitrogens is 1. The number of methoxy groups -OCH3 is 1. The molecule has 0 radical (unpaired) electrons. The molecule has 0 saturated heterocycles. The van der Waals surface area contributed by atoms with Crippen LogP contribution >= 0.6 is 11.3 Å². The van der Waals surface area contributed by atoms with Crippen molar-refractivity contribution < 1.29 is 4.74 Å². The van der Waals surface area contributed by atoms with Crippen LogP contribution in [0.15, 0.2) is 59.0 Å². The number of fused-ring (bicyclic) bond motifs is 3. The Kier molecular flexibility index (Phi) is 4.49. The third-order valence-electron chi connectivity index (χ3n) is 4.27. The van der Waals surface area contributed by atoms with Crippen molar-refractivity contribution in [3.8, 4) is 5.75 Å². The summed E-state index contributed by atoms with van der Waals surface area (Å²) in [6.45, 7) is 0. The van der Waals surface area contributed by atoms with Crippen LogP contribution in [0.2, 0.25) is 0 Å². The molecule has 4 rings (SSSR count). The number of nitrogens with two attached hydrogens (primary N) is 2. The summed E-state index contributed by atoms with van der Waals surface area (Å²) in [4.78, 5) is 4.83. The molecule has 0 aliphatic carbocycles. The fourth-order valence-corrected chi connectivity index (χ4v) is 3.91. The summed E-state index contributed by atoms with van der Waals surface area (Å²) in [6, 6.07) is 15.6. The second kappa shape index (κ2) is 7.10. The minimum absolute atomic E-state index is 0.396. The van der Waals surface area contributed by atoms with Crippen molar-refractivity contribution >= 4 is 49.7 Å². The normalized spacial score (nSPS) is 11.7. The van der Waals surface area contributed by atoms with E-state index in [1.54, 1.807) is 18.4 Å². The van der Waals surface area contributed by atoms with Crippen molar-refractivity contribution in [2.24, 2.45) is 16.8 Å². The van der Waals surface area contributed by atoms with Crippen LogP contribution in [-0.2, 0) is 0 Å². The third-order valence-corrected chi connectivity index (χ3v) is 5.21. The fraction of sp³-hybridized carbons (Fsp3) is 0.0526. The molecule has 0 bridgehead atoms. The van der Waals surface area contributed by atoms with E-state index in [1.807, 2.05) is 42.5 Å². The van der Waals surface area contributed by atoms with Crippen molar-refractivity contribution in [1.82, 2.24) is 10.4 Å². The zero-order valence-corrected chi connectivity index (χ0v) is 15.4. The van der Waals surface area contributed by atoms with Gasteiger partial charge in [0.2, 0.25) is 0 Å². The molecule has 6 N–H and O–H groups in total. The van der Waals surface area contributed by atoms with E-state index >= 15 is 0 Å². The van der Waals surface area contributed by atoms with Crippen molar-refractivity contribution in [2.75, 3.05) is 12.4 Å². The van der Waals surface area contributed by atoms with E-state index in [-0.39, 0.29) is 0 Å². The zero-order chi connectivity index (χ0) is 18.8. The Morgan fingerprint density at radius 1 is 1.15 bits per heavy atom. The van der Waals surface area contributed by atoms with E-state index in [0.29, 0.717) is 5.84 Å². The smallest absolute Gasteiger partial charge is 0.166 e. The summed E-state index contributed by atoms with van der Waals surface area (Å²) in [5, 5.41) is 11.3. The Bertz CT molecular complexity index is 1150. The number of hydrogen-bond donors (Lipinski definition) is 4. The summed E-state index contributed by atoms with van der Waals surface area (Å²) in [7, 11) is 1.65. The van der Waals surface area contributed by atoms with Gasteiger partial charge in [-0.2, -0.15) is 5.10 Å². The minimum Gasteiger partial charge on any atom is -0.497 e. The average molecular weight is 378 g/mol. The second-order valence-corrected chi connectivity index (χ2v) is 6.75. The lowest BCUT2D eigenvalue weighted by Gasteiger charge is -2.11. The van der Waals surface area contributed by atoms with Gasteiger partial charge in [0.25, 0.3) is 0 Å². The highest BCUT2D eigenvalue weighted by Gasteiger charge is 2.12. The molecule has 0 spiro atoms. The van der Waals surface area contributed by atoms with Crippen molar-refractivity contribution in [3.05, 3.63) is 59.5 Å². The fourth-order valence-electron chi connectivity index (χ4n) is 2.98. The molecular formula is C19H18N6OS. The average Bonchev–Trinajstić information content (AvgIpc) is 3.19. The number of hydrazone groups is 1. The quantitative estimate of drug-likeness (QED) is 0.188. The van der Waals surface area contributed by atoms with Gasteiger partial charge in [0.15, 0.2) is 5.84 Å². The van der Waals surface area contributed by atoms with E-state index in [4.69, 9.17) is 21.4 Å². The van der Waals surface area contributed by atoms with E-state index in [1.165, 1.54) is 0 Å². The van der Waals surface area contributed by atoms with Gasteiger partial charge >= 0.3 is 0 Å². The first-order chi connectivity index (χ1) is 13.2. The van der Waals surface area contributed by atoms with Gasteiger partial charge in [0, 0.05) is 32.8 Å². The van der Waals surface area contributed by atoms with Crippen molar-refractivity contribution in [3.63, 3.8) is 0 Å². The predicted octanol–water partition coefficient (Wildman–Crippen LogP) is 3.29. The van der Waals surface area contributed by atoms with Crippen LogP contribution in [0.25, 0.3) is 21.0 Å². The van der Waals surface area contributed by atoms with Crippen LogP contribution in [0.3, 0.4) is 0 Å². The van der Waals surface area contributed by atoms with Gasteiger partial charge in [-0.3, -0.25) is 0 Å². The lowest BCUT2D eigenvalue weighted by molar-refractivity contribution is 0.415. The Hall–Kier alpha value is -3.36. The van der Waals surface area contributed by atoms with Crippen molar-refractivity contribution in [2.45, 2.75) is 0 Å². The number of hydrazine groups is 1. The summed E-state index contributed by atoms with van der Waals surface area (Å²) in [5.41, 5.74) is 4.99. The molecule has 0 fully saturated rings. The minimum atomic E-state index is 0.396. The van der Waals surface area contributed by atoms with Gasteiger partial charge < -0.3 is 21.3 Å². The standard InChI is InChI=1S/C19H18N6OS/c1-26-13-4-2-3-12(10-13)22-19-15-7-8-27-17(15)14-6-5-11(9-16(14)23-19)18(24-20)25-21/h2-10H,20-21H2,1H3,(H,22,23)(H,24,25).